The highest BCUT2D eigenvalue weighted by Gasteiger charge is 2.38. The third kappa shape index (κ3) is 6.02. The molecule has 5 N–H and O–H groups in total. The van der Waals surface area contributed by atoms with Crippen LogP contribution >= 0.6 is 0 Å². The largest absolute Gasteiger partial charge is 0.404 e. The molecule has 8 heteroatoms. The zero-order valence-corrected chi connectivity index (χ0v) is 22.5. The van der Waals surface area contributed by atoms with E-state index in [4.69, 9.17) is 11.5 Å². The van der Waals surface area contributed by atoms with Crippen molar-refractivity contribution >= 4 is 34.6 Å². The van der Waals surface area contributed by atoms with Crippen molar-refractivity contribution in [2.24, 2.45) is 16.6 Å². The first-order valence-corrected chi connectivity index (χ1v) is 12.9. The monoisotopic (exact) mass is 512 g/mol. The van der Waals surface area contributed by atoms with Gasteiger partial charge in [-0.3, -0.25) is 14.6 Å². The van der Waals surface area contributed by atoms with Crippen LogP contribution in [0.15, 0.2) is 59.4 Å². The van der Waals surface area contributed by atoms with Crippen LogP contribution in [0.2, 0.25) is 0 Å². The van der Waals surface area contributed by atoms with Crippen molar-refractivity contribution in [1.29, 1.82) is 0 Å². The summed E-state index contributed by atoms with van der Waals surface area (Å²) in [5.41, 5.74) is 17.1. The van der Waals surface area contributed by atoms with Crippen LogP contribution in [-0.4, -0.2) is 41.0 Å². The van der Waals surface area contributed by atoms with Crippen LogP contribution in [-0.2, 0) is 29.1 Å². The molecule has 0 saturated heterocycles. The molecule has 2 aromatic carbocycles. The Balaban J connectivity index is 1.32. The number of likely N-dealkylation sites (N-methyl/N-ethyl adjacent to an activating group) is 1. The lowest BCUT2D eigenvalue weighted by molar-refractivity contribution is -0.129. The van der Waals surface area contributed by atoms with Crippen LogP contribution in [0.4, 0.5) is 5.82 Å². The average Bonchev–Trinajstić information content (AvgIpc) is 3.63. The zero-order chi connectivity index (χ0) is 27.4. The van der Waals surface area contributed by atoms with E-state index in [2.05, 4.69) is 22.2 Å². The molecule has 4 rings (SSSR count). The number of nitrogen functional groups attached to an aromatic ring is 1. The van der Waals surface area contributed by atoms with E-state index in [1.165, 1.54) is 12.4 Å². The zero-order valence-electron chi connectivity index (χ0n) is 22.5. The Morgan fingerprint density at radius 1 is 1.16 bits per heavy atom. The maximum Gasteiger partial charge on any atom is 0.254 e. The third-order valence-corrected chi connectivity index (χ3v) is 7.42. The van der Waals surface area contributed by atoms with Crippen LogP contribution in [0.3, 0.4) is 0 Å². The summed E-state index contributed by atoms with van der Waals surface area (Å²) in [4.78, 5) is 35.7. The summed E-state index contributed by atoms with van der Waals surface area (Å²) >= 11 is 0. The first-order chi connectivity index (χ1) is 18.2. The molecule has 0 aliphatic heterocycles. The smallest absolute Gasteiger partial charge is 0.254 e. The van der Waals surface area contributed by atoms with E-state index in [1.807, 2.05) is 62.2 Å². The predicted molar refractivity (Wildman–Crippen MR) is 152 cm³/mol. The van der Waals surface area contributed by atoms with Gasteiger partial charge in [0.1, 0.15) is 5.82 Å². The van der Waals surface area contributed by atoms with Crippen molar-refractivity contribution in [2.45, 2.75) is 52.7 Å². The van der Waals surface area contributed by atoms with Gasteiger partial charge >= 0.3 is 0 Å². The standard InChI is InChI=1S/C30H36N6O2/c1-18-11-25-24(9-10-34-29(25)32)20(3)26(18)17-35-30(38)23(14-31)16-33-15-22-7-5-21(6-8-22)13-28(37)36(4)27-12-19(27)2/h5-11,14,16,19,27H,12-13,15,17,31H2,1-4H3,(H2,32,34)(H,35,38)/b23-14+,33-16?/t19-,27?/m1/s1. The van der Waals surface area contributed by atoms with E-state index in [0.717, 1.165) is 45.0 Å². The average molecular weight is 513 g/mol. The minimum Gasteiger partial charge on any atom is -0.404 e. The molecule has 1 aliphatic carbocycles. The van der Waals surface area contributed by atoms with Gasteiger partial charge in [-0.05, 0) is 71.5 Å². The quantitative estimate of drug-likeness (QED) is 0.298. The van der Waals surface area contributed by atoms with Gasteiger partial charge in [-0.15, -0.1) is 0 Å². The fraction of sp³-hybridized carbons (Fsp3) is 0.333. The van der Waals surface area contributed by atoms with Crippen molar-refractivity contribution in [3.05, 3.63) is 82.2 Å². The number of benzene rings is 2. The number of amides is 2. The molecule has 0 radical (unpaired) electrons. The minimum atomic E-state index is -0.299. The molecule has 38 heavy (non-hydrogen) atoms. The topological polar surface area (TPSA) is 127 Å². The van der Waals surface area contributed by atoms with Gasteiger partial charge in [0.05, 0.1) is 18.5 Å². The van der Waals surface area contributed by atoms with E-state index >= 15 is 0 Å². The number of aromatic nitrogens is 1. The van der Waals surface area contributed by atoms with Crippen LogP contribution in [0.5, 0.6) is 0 Å². The molecule has 2 atom stereocenters. The molecule has 0 bridgehead atoms. The number of nitrogens with two attached hydrogens (primary N) is 2. The van der Waals surface area contributed by atoms with Gasteiger partial charge in [0.15, 0.2) is 0 Å². The van der Waals surface area contributed by atoms with Gasteiger partial charge < -0.3 is 21.7 Å². The van der Waals surface area contributed by atoms with Crippen molar-refractivity contribution in [1.82, 2.24) is 15.2 Å². The van der Waals surface area contributed by atoms with Gasteiger partial charge in [-0.25, -0.2) is 4.98 Å². The number of aliphatic imine (C=N–C) groups is 1. The van der Waals surface area contributed by atoms with E-state index in [0.29, 0.717) is 37.3 Å². The number of hydrogen-bond donors (Lipinski definition) is 3. The fourth-order valence-corrected chi connectivity index (χ4v) is 4.79. The number of aryl methyl sites for hydroxylation is 2. The van der Waals surface area contributed by atoms with Crippen molar-refractivity contribution in [2.75, 3.05) is 12.8 Å². The van der Waals surface area contributed by atoms with Gasteiger partial charge in [-0.1, -0.05) is 31.2 Å². The Labute approximate surface area is 223 Å². The molecule has 1 aliphatic rings. The molecule has 1 saturated carbocycles. The lowest BCUT2D eigenvalue weighted by Gasteiger charge is -2.17. The second-order valence-corrected chi connectivity index (χ2v) is 10.1. The number of hydrogen-bond acceptors (Lipinski definition) is 6. The molecule has 2 amide bonds. The summed E-state index contributed by atoms with van der Waals surface area (Å²) in [5, 5.41) is 4.87. The Hall–Kier alpha value is -4.20. The Kier molecular flexibility index (Phi) is 8.10. The normalized spacial score (nSPS) is 17.1. The Bertz CT molecular complexity index is 1410. The van der Waals surface area contributed by atoms with Gasteiger partial charge in [-0.2, -0.15) is 0 Å². The Morgan fingerprint density at radius 2 is 1.84 bits per heavy atom. The number of rotatable bonds is 9. The summed E-state index contributed by atoms with van der Waals surface area (Å²) in [6.07, 6.45) is 5.92. The molecule has 1 fully saturated rings. The summed E-state index contributed by atoms with van der Waals surface area (Å²) in [5.74, 6) is 0.938. The first kappa shape index (κ1) is 26.9. The molecular formula is C30H36N6O2. The van der Waals surface area contributed by atoms with Crippen LogP contribution < -0.4 is 16.8 Å². The maximum absolute atomic E-state index is 12.8. The number of pyridine rings is 1. The first-order valence-electron chi connectivity index (χ1n) is 12.9. The Morgan fingerprint density at radius 3 is 2.50 bits per heavy atom. The van der Waals surface area contributed by atoms with Gasteiger partial charge in [0.25, 0.3) is 5.91 Å². The second kappa shape index (κ2) is 11.5. The van der Waals surface area contributed by atoms with Gasteiger partial charge in [0.2, 0.25) is 5.91 Å². The molecule has 1 heterocycles. The number of carbonyl (C=O) groups excluding carboxylic acids is 2. The van der Waals surface area contributed by atoms with Gasteiger partial charge in [0, 0.05) is 43.6 Å². The number of nitrogens with one attached hydrogen (secondary N) is 1. The van der Waals surface area contributed by atoms with Crippen LogP contribution in [0.25, 0.3) is 10.8 Å². The summed E-state index contributed by atoms with van der Waals surface area (Å²) in [7, 11) is 1.89. The number of anilines is 1. The van der Waals surface area contributed by atoms with E-state index in [9.17, 15) is 9.59 Å². The van der Waals surface area contributed by atoms with Crippen LogP contribution in [0.1, 0.15) is 41.2 Å². The van der Waals surface area contributed by atoms with Crippen molar-refractivity contribution in [3.8, 4) is 0 Å². The highest BCUT2D eigenvalue weighted by molar-refractivity contribution is 6.12. The van der Waals surface area contributed by atoms with E-state index in [1.54, 1.807) is 6.20 Å². The fourth-order valence-electron chi connectivity index (χ4n) is 4.79. The number of fused-ring (bicyclic) bond motifs is 1. The van der Waals surface area contributed by atoms with Crippen molar-refractivity contribution in [3.63, 3.8) is 0 Å². The SMILES string of the molecule is Cc1cc2c(N)nccc2c(C)c1CNC(=O)/C(C=NCc1ccc(CC(=O)N(C)C2C[C@H]2C)cc1)=C/N. The molecule has 8 nitrogen and oxygen atoms in total. The highest BCUT2D eigenvalue weighted by atomic mass is 16.2. The van der Waals surface area contributed by atoms with Crippen molar-refractivity contribution < 1.29 is 9.59 Å². The van der Waals surface area contributed by atoms with E-state index in [-0.39, 0.29) is 17.4 Å². The molecule has 3 aromatic rings. The minimum absolute atomic E-state index is 0.143. The molecule has 0 spiro atoms. The summed E-state index contributed by atoms with van der Waals surface area (Å²) in [6, 6.07) is 12.1. The molecule has 198 valence electrons. The predicted octanol–water partition coefficient (Wildman–Crippen LogP) is 3.57. The molecule has 1 unspecified atom stereocenters. The third-order valence-electron chi connectivity index (χ3n) is 7.42. The maximum atomic E-state index is 12.8. The number of carbonyl (C=O) groups is 2. The van der Waals surface area contributed by atoms with Crippen LogP contribution in [0, 0.1) is 19.8 Å². The summed E-state index contributed by atoms with van der Waals surface area (Å²) < 4.78 is 0. The highest BCUT2D eigenvalue weighted by Crippen LogP contribution is 2.34. The lowest BCUT2D eigenvalue weighted by Crippen LogP contribution is -2.31. The molecular weight excluding hydrogens is 476 g/mol. The summed E-state index contributed by atoms with van der Waals surface area (Å²) in [6.45, 7) is 6.94. The lowest BCUT2D eigenvalue weighted by atomic mass is 9.96. The molecule has 1 aromatic heterocycles. The second-order valence-electron chi connectivity index (χ2n) is 10.1. The number of nitrogens with zero attached hydrogens (tertiary/aromatic N) is 3. The van der Waals surface area contributed by atoms with E-state index < -0.39 is 0 Å².